The van der Waals surface area contributed by atoms with Crippen molar-refractivity contribution >= 4 is 43.2 Å². The van der Waals surface area contributed by atoms with Crippen LogP contribution >= 0.6 is 15.9 Å². The second-order valence-corrected chi connectivity index (χ2v) is 10.9. The highest BCUT2D eigenvalue weighted by Gasteiger charge is 2.31. The zero-order valence-electron chi connectivity index (χ0n) is 18.6. The van der Waals surface area contributed by atoms with E-state index >= 15 is 0 Å². The lowest BCUT2D eigenvalue weighted by molar-refractivity contribution is -0.120. The van der Waals surface area contributed by atoms with Crippen LogP contribution in [0.25, 0.3) is 0 Å². The first-order valence-electron chi connectivity index (χ1n) is 10.6. The van der Waals surface area contributed by atoms with Gasteiger partial charge in [0.15, 0.2) is 6.61 Å². The number of nitrogens with one attached hydrogen (secondary N) is 1. The van der Waals surface area contributed by atoms with Crippen LogP contribution in [-0.4, -0.2) is 27.0 Å². The fourth-order valence-corrected chi connectivity index (χ4v) is 5.39. The third-order valence-electron chi connectivity index (χ3n) is 5.78. The number of hydrogen-bond acceptors (Lipinski definition) is 4. The number of anilines is 2. The first-order chi connectivity index (χ1) is 15.6. The first kappa shape index (κ1) is 23.3. The minimum Gasteiger partial charge on any atom is -0.484 e. The van der Waals surface area contributed by atoms with Gasteiger partial charge in [0.2, 0.25) is 0 Å². The molecule has 1 atom stereocenters. The molecule has 0 fully saturated rings. The van der Waals surface area contributed by atoms with E-state index in [1.807, 2.05) is 45.0 Å². The number of sulfonamides is 1. The Kier molecular flexibility index (Phi) is 6.50. The number of benzene rings is 3. The summed E-state index contributed by atoms with van der Waals surface area (Å²) in [4.78, 5) is 14.7. The van der Waals surface area contributed by atoms with Crippen molar-refractivity contribution in [1.29, 1.82) is 0 Å². The molecule has 1 aliphatic heterocycles. The summed E-state index contributed by atoms with van der Waals surface area (Å²) >= 11 is 3.47. The van der Waals surface area contributed by atoms with E-state index in [1.54, 1.807) is 29.2 Å². The number of fused-ring (bicyclic) bond motifs is 1. The van der Waals surface area contributed by atoms with Gasteiger partial charge in [-0.2, -0.15) is 0 Å². The van der Waals surface area contributed by atoms with Gasteiger partial charge in [0.1, 0.15) is 5.75 Å². The predicted octanol–water partition coefficient (Wildman–Crippen LogP) is 5.22. The Morgan fingerprint density at radius 3 is 2.48 bits per heavy atom. The van der Waals surface area contributed by atoms with Crippen LogP contribution in [0.4, 0.5) is 11.4 Å². The lowest BCUT2D eigenvalue weighted by atomic mass is 10.1. The summed E-state index contributed by atoms with van der Waals surface area (Å²) in [6, 6.07) is 17.4. The van der Waals surface area contributed by atoms with Crippen LogP contribution in [0.3, 0.4) is 0 Å². The Balaban J connectivity index is 1.41. The Morgan fingerprint density at radius 2 is 1.79 bits per heavy atom. The fourth-order valence-electron chi connectivity index (χ4n) is 3.93. The smallest absolute Gasteiger partial charge is 0.265 e. The molecule has 33 heavy (non-hydrogen) atoms. The van der Waals surface area contributed by atoms with E-state index in [1.165, 1.54) is 12.1 Å². The van der Waals surface area contributed by atoms with Gasteiger partial charge in [0, 0.05) is 21.9 Å². The van der Waals surface area contributed by atoms with Crippen LogP contribution < -0.4 is 14.4 Å². The summed E-state index contributed by atoms with van der Waals surface area (Å²) in [6.07, 6.45) is 0.792. The molecule has 0 aliphatic carbocycles. The molecule has 0 saturated heterocycles. The number of hydrogen-bond donors (Lipinski definition) is 1. The van der Waals surface area contributed by atoms with E-state index in [-0.39, 0.29) is 23.5 Å². The van der Waals surface area contributed by atoms with E-state index in [9.17, 15) is 13.2 Å². The molecule has 0 saturated carbocycles. The molecular formula is C25H25BrN2O4S. The predicted molar refractivity (Wildman–Crippen MR) is 133 cm³/mol. The summed E-state index contributed by atoms with van der Waals surface area (Å²) in [5, 5.41) is 0. The maximum Gasteiger partial charge on any atom is 0.265 e. The highest BCUT2D eigenvalue weighted by molar-refractivity contribution is 9.10. The summed E-state index contributed by atoms with van der Waals surface area (Å²) in [6.45, 7) is 5.78. The van der Waals surface area contributed by atoms with Crippen LogP contribution in [0.5, 0.6) is 5.75 Å². The van der Waals surface area contributed by atoms with E-state index in [2.05, 4.69) is 20.7 Å². The van der Waals surface area contributed by atoms with Gasteiger partial charge < -0.3 is 9.64 Å². The summed E-state index contributed by atoms with van der Waals surface area (Å²) in [5.41, 5.74) is 4.63. The van der Waals surface area contributed by atoms with Crippen LogP contribution in [0.1, 0.15) is 23.6 Å². The average Bonchev–Trinajstić information content (AvgIpc) is 3.09. The quantitative estimate of drug-likeness (QED) is 0.475. The van der Waals surface area contributed by atoms with Crippen LogP contribution in [0.15, 0.2) is 70.0 Å². The molecule has 0 bridgehead atoms. The third kappa shape index (κ3) is 5.07. The number of ether oxygens (including phenoxy) is 1. The Morgan fingerprint density at radius 1 is 1.06 bits per heavy atom. The molecule has 4 rings (SSSR count). The number of aryl methyl sites for hydroxylation is 2. The van der Waals surface area contributed by atoms with Crippen molar-refractivity contribution in [2.75, 3.05) is 16.2 Å². The number of halogens is 1. The van der Waals surface area contributed by atoms with Gasteiger partial charge in [-0.1, -0.05) is 22.0 Å². The SMILES string of the molecule is Cc1ccc(NS(=O)(=O)c2ccc(OCC(=O)N3c4ccc(Br)cc4CC3C)cc2)cc1C. The highest BCUT2D eigenvalue weighted by Crippen LogP contribution is 2.34. The molecule has 0 aromatic heterocycles. The minimum absolute atomic E-state index is 0.0504. The summed E-state index contributed by atoms with van der Waals surface area (Å²) in [5.74, 6) is 0.285. The van der Waals surface area contributed by atoms with Crippen molar-refractivity contribution in [2.24, 2.45) is 0 Å². The Labute approximate surface area is 202 Å². The zero-order chi connectivity index (χ0) is 23.8. The topological polar surface area (TPSA) is 75.7 Å². The molecule has 3 aromatic rings. The van der Waals surface area contributed by atoms with E-state index in [0.29, 0.717) is 11.4 Å². The van der Waals surface area contributed by atoms with Crippen molar-refractivity contribution in [3.05, 3.63) is 81.8 Å². The number of amides is 1. The molecule has 0 spiro atoms. The van der Waals surface area contributed by atoms with Crippen molar-refractivity contribution in [3.63, 3.8) is 0 Å². The molecular weight excluding hydrogens is 504 g/mol. The number of carbonyl (C=O) groups is 1. The number of rotatable bonds is 6. The Bertz CT molecular complexity index is 1310. The molecule has 3 aromatic carbocycles. The molecule has 1 N–H and O–H groups in total. The monoisotopic (exact) mass is 528 g/mol. The van der Waals surface area contributed by atoms with Gasteiger partial charge in [-0.25, -0.2) is 8.42 Å². The minimum atomic E-state index is -3.73. The van der Waals surface area contributed by atoms with Gasteiger partial charge in [-0.05, 0) is 98.5 Å². The molecule has 8 heteroatoms. The molecule has 1 aliphatic rings. The fraction of sp³-hybridized carbons (Fsp3) is 0.240. The largest absolute Gasteiger partial charge is 0.484 e. The zero-order valence-corrected chi connectivity index (χ0v) is 21.0. The third-order valence-corrected chi connectivity index (χ3v) is 7.67. The Hall–Kier alpha value is -2.84. The normalized spacial score (nSPS) is 15.3. The van der Waals surface area contributed by atoms with Gasteiger partial charge in [0.05, 0.1) is 4.90 Å². The van der Waals surface area contributed by atoms with Gasteiger partial charge in [-0.3, -0.25) is 9.52 Å². The summed E-state index contributed by atoms with van der Waals surface area (Å²) < 4.78 is 34.7. The van der Waals surface area contributed by atoms with Gasteiger partial charge in [0.25, 0.3) is 15.9 Å². The molecule has 0 radical (unpaired) electrons. The number of nitrogens with zero attached hydrogens (tertiary/aromatic N) is 1. The maximum absolute atomic E-state index is 12.8. The van der Waals surface area contributed by atoms with Crippen molar-refractivity contribution in [2.45, 2.75) is 38.1 Å². The van der Waals surface area contributed by atoms with Crippen LogP contribution in [0, 0.1) is 13.8 Å². The standard InChI is InChI=1S/C25H25BrN2O4S/c1-16-4-6-21(12-17(16)2)27-33(30,31)23-9-7-22(8-10-23)32-15-25(29)28-18(3)13-19-14-20(26)5-11-24(19)28/h4-12,14,18,27H,13,15H2,1-3H3. The van der Waals surface area contributed by atoms with Crippen molar-refractivity contribution < 1.29 is 17.9 Å². The molecule has 172 valence electrons. The molecule has 1 unspecified atom stereocenters. The van der Waals surface area contributed by atoms with E-state index < -0.39 is 10.0 Å². The number of carbonyl (C=O) groups excluding carboxylic acids is 1. The highest BCUT2D eigenvalue weighted by atomic mass is 79.9. The summed E-state index contributed by atoms with van der Waals surface area (Å²) in [7, 11) is -3.73. The second-order valence-electron chi connectivity index (χ2n) is 8.25. The van der Waals surface area contributed by atoms with Gasteiger partial charge >= 0.3 is 0 Å². The van der Waals surface area contributed by atoms with Crippen molar-refractivity contribution in [3.8, 4) is 5.75 Å². The average molecular weight is 529 g/mol. The molecule has 6 nitrogen and oxygen atoms in total. The molecule has 1 amide bonds. The van der Waals surface area contributed by atoms with E-state index in [4.69, 9.17) is 4.74 Å². The first-order valence-corrected chi connectivity index (χ1v) is 12.8. The molecule has 1 heterocycles. The lowest BCUT2D eigenvalue weighted by Gasteiger charge is -2.22. The van der Waals surface area contributed by atoms with Gasteiger partial charge in [-0.15, -0.1) is 0 Å². The second kappa shape index (κ2) is 9.19. The van der Waals surface area contributed by atoms with Crippen molar-refractivity contribution in [1.82, 2.24) is 0 Å². The maximum atomic E-state index is 12.8. The van der Waals surface area contributed by atoms with Crippen LogP contribution in [-0.2, 0) is 21.2 Å². The van der Waals surface area contributed by atoms with E-state index in [0.717, 1.165) is 33.3 Å². The lowest BCUT2D eigenvalue weighted by Crippen LogP contribution is -2.39. The van der Waals surface area contributed by atoms with Crippen LogP contribution in [0.2, 0.25) is 0 Å².